The predicted octanol–water partition coefficient (Wildman–Crippen LogP) is 2.52. The Morgan fingerprint density at radius 1 is 1.27 bits per heavy atom. The van der Waals surface area contributed by atoms with Crippen molar-refractivity contribution in [3.8, 4) is 0 Å². The third kappa shape index (κ3) is 4.35. The van der Waals surface area contributed by atoms with Gasteiger partial charge < -0.3 is 5.32 Å². The molecule has 2 aromatic rings. The second-order valence-corrected chi connectivity index (χ2v) is 7.19. The van der Waals surface area contributed by atoms with Crippen molar-refractivity contribution < 1.29 is 12.8 Å². The molecule has 0 aliphatic heterocycles. The summed E-state index contributed by atoms with van der Waals surface area (Å²) >= 11 is 0. The molecule has 0 saturated heterocycles. The summed E-state index contributed by atoms with van der Waals surface area (Å²) in [5, 5.41) is 3.28. The van der Waals surface area contributed by atoms with Gasteiger partial charge in [0.15, 0.2) is 9.84 Å². The average molecular weight is 322 g/mol. The number of nitrogens with zero attached hydrogens (tertiary/aromatic N) is 1. The number of hydrogen-bond acceptors (Lipinski definition) is 4. The van der Waals surface area contributed by atoms with Crippen LogP contribution in [0.4, 0.5) is 4.39 Å². The quantitative estimate of drug-likeness (QED) is 0.888. The molecule has 0 aliphatic carbocycles. The first kappa shape index (κ1) is 16.6. The van der Waals surface area contributed by atoms with Crippen molar-refractivity contribution in [2.75, 3.05) is 12.8 Å². The van der Waals surface area contributed by atoms with Gasteiger partial charge in [0.2, 0.25) is 0 Å². The predicted molar refractivity (Wildman–Crippen MR) is 83.9 cm³/mol. The van der Waals surface area contributed by atoms with E-state index in [2.05, 4.69) is 10.3 Å². The Bertz CT molecular complexity index is 733. The van der Waals surface area contributed by atoms with Gasteiger partial charge in [0.05, 0.1) is 0 Å². The van der Waals surface area contributed by atoms with Crippen LogP contribution in [0.3, 0.4) is 0 Å². The molecule has 22 heavy (non-hydrogen) atoms. The number of aromatic nitrogens is 1. The molecule has 0 bridgehead atoms. The Kier molecular flexibility index (Phi) is 5.26. The summed E-state index contributed by atoms with van der Waals surface area (Å²) < 4.78 is 36.7. The number of nitrogens with one attached hydrogen (secondary N) is 1. The highest BCUT2D eigenvalue weighted by molar-refractivity contribution is 7.90. The van der Waals surface area contributed by atoms with Crippen LogP contribution in [0, 0.1) is 5.82 Å². The number of hydrogen-bond donors (Lipinski definition) is 1. The molecule has 1 aromatic carbocycles. The van der Waals surface area contributed by atoms with Crippen molar-refractivity contribution >= 4 is 9.84 Å². The Balaban J connectivity index is 1.98. The lowest BCUT2D eigenvalue weighted by Gasteiger charge is -2.15. The van der Waals surface area contributed by atoms with Gasteiger partial charge in [-0.3, -0.25) is 4.98 Å². The molecule has 0 radical (unpaired) electrons. The molecule has 0 unspecified atom stereocenters. The Labute approximate surface area is 130 Å². The maximum atomic E-state index is 13.9. The third-order valence-corrected chi connectivity index (χ3v) is 4.54. The van der Waals surface area contributed by atoms with Gasteiger partial charge in [-0.15, -0.1) is 0 Å². The van der Waals surface area contributed by atoms with Crippen molar-refractivity contribution in [2.24, 2.45) is 0 Å². The van der Waals surface area contributed by atoms with Crippen LogP contribution in [0.25, 0.3) is 0 Å². The molecule has 4 nitrogen and oxygen atoms in total. The van der Waals surface area contributed by atoms with Crippen molar-refractivity contribution in [2.45, 2.75) is 24.3 Å². The van der Waals surface area contributed by atoms with Crippen LogP contribution in [-0.4, -0.2) is 26.2 Å². The van der Waals surface area contributed by atoms with Crippen LogP contribution in [0.1, 0.15) is 24.2 Å². The van der Waals surface area contributed by atoms with Gasteiger partial charge in [-0.25, -0.2) is 12.8 Å². The molecule has 1 N–H and O–H groups in total. The summed E-state index contributed by atoms with van der Waals surface area (Å²) in [5.74, 6) is -0.710. The van der Waals surface area contributed by atoms with Crippen LogP contribution in [0.5, 0.6) is 0 Å². The molecule has 2 rings (SSSR count). The van der Waals surface area contributed by atoms with E-state index in [4.69, 9.17) is 0 Å². The SMILES string of the molecule is C[C@@H](NCCc1ccccn1)c1ccc(S(C)(=O)=O)c(F)c1. The fraction of sp³-hybridized carbons (Fsp3) is 0.312. The number of pyridine rings is 1. The minimum atomic E-state index is -3.53. The molecular formula is C16H19FN2O2S. The van der Waals surface area contributed by atoms with E-state index in [1.807, 2.05) is 25.1 Å². The summed E-state index contributed by atoms with van der Waals surface area (Å²) in [6.45, 7) is 2.61. The zero-order chi connectivity index (χ0) is 16.2. The van der Waals surface area contributed by atoms with E-state index in [1.54, 1.807) is 12.3 Å². The first-order chi connectivity index (χ1) is 10.4. The third-order valence-electron chi connectivity index (χ3n) is 3.41. The fourth-order valence-electron chi connectivity index (χ4n) is 2.17. The van der Waals surface area contributed by atoms with Crippen molar-refractivity contribution in [3.63, 3.8) is 0 Å². The molecule has 0 aliphatic rings. The zero-order valence-electron chi connectivity index (χ0n) is 12.6. The topological polar surface area (TPSA) is 59.1 Å². The second-order valence-electron chi connectivity index (χ2n) is 5.21. The molecule has 1 aromatic heterocycles. The molecule has 0 spiro atoms. The number of benzene rings is 1. The number of halogens is 1. The monoisotopic (exact) mass is 322 g/mol. The number of rotatable bonds is 6. The highest BCUT2D eigenvalue weighted by atomic mass is 32.2. The van der Waals surface area contributed by atoms with E-state index in [9.17, 15) is 12.8 Å². The summed E-state index contributed by atoms with van der Waals surface area (Å²) in [7, 11) is -3.53. The minimum absolute atomic E-state index is 0.0770. The first-order valence-electron chi connectivity index (χ1n) is 7.01. The van der Waals surface area contributed by atoms with E-state index in [0.717, 1.165) is 18.4 Å². The highest BCUT2D eigenvalue weighted by Crippen LogP contribution is 2.20. The normalized spacial score (nSPS) is 13.0. The molecule has 0 amide bonds. The number of sulfone groups is 1. The van der Waals surface area contributed by atoms with Gasteiger partial charge in [0.1, 0.15) is 10.7 Å². The van der Waals surface area contributed by atoms with Gasteiger partial charge in [0.25, 0.3) is 0 Å². The molecule has 1 atom stereocenters. The largest absolute Gasteiger partial charge is 0.310 e. The Hall–Kier alpha value is -1.79. The van der Waals surface area contributed by atoms with Crippen LogP contribution < -0.4 is 5.32 Å². The minimum Gasteiger partial charge on any atom is -0.310 e. The lowest BCUT2D eigenvalue weighted by molar-refractivity contribution is 0.550. The van der Waals surface area contributed by atoms with Crippen molar-refractivity contribution in [1.29, 1.82) is 0 Å². The average Bonchev–Trinajstić information content (AvgIpc) is 2.46. The summed E-state index contributed by atoms with van der Waals surface area (Å²) in [6.07, 6.45) is 3.52. The summed E-state index contributed by atoms with van der Waals surface area (Å²) in [4.78, 5) is 3.97. The van der Waals surface area contributed by atoms with E-state index in [-0.39, 0.29) is 10.9 Å². The van der Waals surface area contributed by atoms with Crippen LogP contribution in [0.2, 0.25) is 0 Å². The standard InChI is InChI=1S/C16H19FN2O2S/c1-12(18-10-8-14-5-3-4-9-19-14)13-6-7-16(15(17)11-13)22(2,20)21/h3-7,9,11-12,18H,8,10H2,1-2H3/t12-/m1/s1. The Morgan fingerprint density at radius 2 is 2.05 bits per heavy atom. The highest BCUT2D eigenvalue weighted by Gasteiger charge is 2.15. The maximum absolute atomic E-state index is 13.9. The van der Waals surface area contributed by atoms with Gasteiger partial charge in [-0.1, -0.05) is 12.1 Å². The van der Waals surface area contributed by atoms with E-state index >= 15 is 0 Å². The molecule has 1 heterocycles. The van der Waals surface area contributed by atoms with Crippen LogP contribution in [0.15, 0.2) is 47.5 Å². The first-order valence-corrected chi connectivity index (χ1v) is 8.90. The smallest absolute Gasteiger partial charge is 0.178 e. The fourth-order valence-corrected chi connectivity index (χ4v) is 2.90. The van der Waals surface area contributed by atoms with Crippen LogP contribution >= 0.6 is 0 Å². The van der Waals surface area contributed by atoms with E-state index < -0.39 is 15.7 Å². The molecule has 0 saturated carbocycles. The molecular weight excluding hydrogens is 303 g/mol. The maximum Gasteiger partial charge on any atom is 0.178 e. The van der Waals surface area contributed by atoms with Gasteiger partial charge in [0, 0.05) is 37.2 Å². The summed E-state index contributed by atoms with van der Waals surface area (Å²) in [5.41, 5.74) is 1.70. The van der Waals surface area contributed by atoms with E-state index in [0.29, 0.717) is 12.1 Å². The second kappa shape index (κ2) is 6.98. The van der Waals surface area contributed by atoms with Gasteiger partial charge >= 0.3 is 0 Å². The lowest BCUT2D eigenvalue weighted by Crippen LogP contribution is -2.22. The summed E-state index contributed by atoms with van der Waals surface area (Å²) in [6, 6.07) is 9.90. The van der Waals surface area contributed by atoms with Gasteiger partial charge in [-0.05, 0) is 36.8 Å². The van der Waals surface area contributed by atoms with Crippen molar-refractivity contribution in [1.82, 2.24) is 10.3 Å². The molecule has 118 valence electrons. The molecule has 0 fully saturated rings. The van der Waals surface area contributed by atoms with Gasteiger partial charge in [-0.2, -0.15) is 0 Å². The Morgan fingerprint density at radius 3 is 2.64 bits per heavy atom. The van der Waals surface area contributed by atoms with Crippen LogP contribution in [-0.2, 0) is 16.3 Å². The van der Waals surface area contributed by atoms with Crippen molar-refractivity contribution in [3.05, 3.63) is 59.7 Å². The molecule has 6 heteroatoms. The van der Waals surface area contributed by atoms with E-state index in [1.165, 1.54) is 12.1 Å². The zero-order valence-corrected chi connectivity index (χ0v) is 13.4. The lowest BCUT2D eigenvalue weighted by atomic mass is 10.1.